The molecule has 1 aliphatic rings. The Labute approximate surface area is 99.8 Å². The number of carbonyl (C=O) groups excluding carboxylic acids is 2. The molecule has 17 heavy (non-hydrogen) atoms. The topological polar surface area (TPSA) is 101 Å². The van der Waals surface area contributed by atoms with Gasteiger partial charge in [0.05, 0.1) is 18.4 Å². The zero-order valence-corrected chi connectivity index (χ0v) is 10.3. The van der Waals surface area contributed by atoms with Crippen molar-refractivity contribution >= 4 is 17.8 Å². The number of hydrogen-bond acceptors (Lipinski definition) is 3. The van der Waals surface area contributed by atoms with Gasteiger partial charge in [0.2, 0.25) is 11.8 Å². The number of carbonyl (C=O) groups is 3. The van der Waals surface area contributed by atoms with Crippen molar-refractivity contribution in [1.82, 2.24) is 4.90 Å². The first-order valence-electron chi connectivity index (χ1n) is 5.53. The highest BCUT2D eigenvalue weighted by atomic mass is 16.4. The molecule has 0 bridgehead atoms. The minimum Gasteiger partial charge on any atom is -0.481 e. The third-order valence-corrected chi connectivity index (χ3v) is 3.40. The van der Waals surface area contributed by atoms with Gasteiger partial charge in [-0.3, -0.25) is 14.4 Å². The van der Waals surface area contributed by atoms with Gasteiger partial charge in [0, 0.05) is 6.54 Å². The summed E-state index contributed by atoms with van der Waals surface area (Å²) in [6, 6.07) is 0. The molecule has 96 valence electrons. The molecule has 1 saturated carbocycles. The van der Waals surface area contributed by atoms with E-state index < -0.39 is 29.1 Å². The van der Waals surface area contributed by atoms with Crippen LogP contribution in [0.4, 0.5) is 0 Å². The summed E-state index contributed by atoms with van der Waals surface area (Å²) in [7, 11) is 0. The van der Waals surface area contributed by atoms with Crippen molar-refractivity contribution in [2.24, 2.45) is 23.0 Å². The summed E-state index contributed by atoms with van der Waals surface area (Å²) in [5.41, 5.74) is 4.49. The molecule has 0 unspecified atom stereocenters. The normalized spacial score (nSPS) is 25.1. The largest absolute Gasteiger partial charge is 0.481 e. The summed E-state index contributed by atoms with van der Waals surface area (Å²) in [6.45, 7) is 5.40. The Kier molecular flexibility index (Phi) is 3.45. The molecule has 2 atom stereocenters. The molecule has 2 amide bonds. The number of carboxylic acid groups (broad SMARTS) is 1. The average molecular weight is 242 g/mol. The highest BCUT2D eigenvalue weighted by molar-refractivity contribution is 5.93. The number of nitrogens with two attached hydrogens (primary N) is 1. The number of hydrogen-bond donors (Lipinski definition) is 2. The second kappa shape index (κ2) is 4.35. The van der Waals surface area contributed by atoms with Crippen molar-refractivity contribution in [3.8, 4) is 0 Å². The molecule has 1 rings (SSSR count). The predicted octanol–water partition coefficient (Wildman–Crippen LogP) is -0.323. The van der Waals surface area contributed by atoms with E-state index in [0.717, 1.165) is 0 Å². The van der Waals surface area contributed by atoms with E-state index in [2.05, 4.69) is 0 Å². The number of aliphatic carboxylic acids is 1. The first kappa shape index (κ1) is 13.5. The highest BCUT2D eigenvalue weighted by Gasteiger charge is 2.66. The van der Waals surface area contributed by atoms with Gasteiger partial charge in [-0.2, -0.15) is 0 Å². The second-order valence-corrected chi connectivity index (χ2v) is 4.93. The van der Waals surface area contributed by atoms with Gasteiger partial charge < -0.3 is 15.7 Å². The maximum absolute atomic E-state index is 12.1. The van der Waals surface area contributed by atoms with Crippen molar-refractivity contribution in [1.29, 1.82) is 0 Å². The Balaban J connectivity index is 2.77. The van der Waals surface area contributed by atoms with Gasteiger partial charge in [0.1, 0.15) is 0 Å². The van der Waals surface area contributed by atoms with Crippen LogP contribution in [0.2, 0.25) is 0 Å². The number of carboxylic acids is 1. The van der Waals surface area contributed by atoms with E-state index in [9.17, 15) is 14.4 Å². The number of nitrogens with zero attached hydrogens (tertiary/aromatic N) is 1. The molecule has 0 aromatic heterocycles. The lowest BCUT2D eigenvalue weighted by Gasteiger charge is -2.19. The third kappa shape index (κ3) is 2.40. The summed E-state index contributed by atoms with van der Waals surface area (Å²) in [6.07, 6.45) is 0. The van der Waals surface area contributed by atoms with E-state index in [1.165, 1.54) is 4.90 Å². The quantitative estimate of drug-likeness (QED) is 0.689. The molecular formula is C11H18N2O4. The maximum Gasteiger partial charge on any atom is 0.307 e. The first-order valence-corrected chi connectivity index (χ1v) is 5.53. The molecule has 1 aliphatic carbocycles. The van der Waals surface area contributed by atoms with E-state index in [1.807, 2.05) is 0 Å². The maximum atomic E-state index is 12.1. The van der Waals surface area contributed by atoms with Crippen molar-refractivity contribution in [3.63, 3.8) is 0 Å². The SMILES string of the molecule is CCN(CC(N)=O)C(=O)[C@H]1[C@@H](C(=O)O)C1(C)C. The van der Waals surface area contributed by atoms with Gasteiger partial charge in [0.15, 0.2) is 0 Å². The summed E-state index contributed by atoms with van der Waals surface area (Å²) in [4.78, 5) is 35.1. The number of likely N-dealkylation sites (N-methyl/N-ethyl adjacent to an activating group) is 1. The Morgan fingerprint density at radius 3 is 2.12 bits per heavy atom. The molecule has 6 heteroatoms. The van der Waals surface area contributed by atoms with E-state index >= 15 is 0 Å². The molecule has 0 saturated heterocycles. The zero-order chi connectivity index (χ0) is 13.4. The third-order valence-electron chi connectivity index (χ3n) is 3.40. The Hall–Kier alpha value is -1.59. The monoisotopic (exact) mass is 242 g/mol. The van der Waals surface area contributed by atoms with Crippen LogP contribution in [0, 0.1) is 17.3 Å². The lowest BCUT2D eigenvalue weighted by Crippen LogP contribution is -2.40. The number of rotatable bonds is 5. The lowest BCUT2D eigenvalue weighted by molar-refractivity contribution is -0.142. The van der Waals surface area contributed by atoms with Crippen LogP contribution in [0.5, 0.6) is 0 Å². The van der Waals surface area contributed by atoms with Crippen LogP contribution in [0.15, 0.2) is 0 Å². The van der Waals surface area contributed by atoms with Crippen LogP contribution >= 0.6 is 0 Å². The summed E-state index contributed by atoms with van der Waals surface area (Å²) in [5.74, 6) is -3.09. The molecule has 0 radical (unpaired) electrons. The summed E-state index contributed by atoms with van der Waals surface area (Å²) in [5, 5.41) is 8.98. The van der Waals surface area contributed by atoms with Gasteiger partial charge in [-0.15, -0.1) is 0 Å². The lowest BCUT2D eigenvalue weighted by atomic mass is 10.1. The molecule has 0 aliphatic heterocycles. The van der Waals surface area contributed by atoms with E-state index in [0.29, 0.717) is 6.54 Å². The van der Waals surface area contributed by atoms with E-state index in [-0.39, 0.29) is 12.5 Å². The minimum absolute atomic E-state index is 0.158. The molecule has 0 aromatic rings. The minimum atomic E-state index is -0.969. The van der Waals surface area contributed by atoms with E-state index in [4.69, 9.17) is 10.8 Å². The first-order chi connectivity index (χ1) is 7.73. The van der Waals surface area contributed by atoms with Crippen LogP contribution in [0.25, 0.3) is 0 Å². The van der Waals surface area contributed by atoms with Crippen LogP contribution in [0.3, 0.4) is 0 Å². The van der Waals surface area contributed by atoms with E-state index in [1.54, 1.807) is 20.8 Å². The van der Waals surface area contributed by atoms with Crippen molar-refractivity contribution < 1.29 is 19.5 Å². The van der Waals surface area contributed by atoms with Crippen LogP contribution in [0.1, 0.15) is 20.8 Å². The van der Waals surface area contributed by atoms with Crippen molar-refractivity contribution in [2.75, 3.05) is 13.1 Å². The van der Waals surface area contributed by atoms with Gasteiger partial charge in [-0.1, -0.05) is 13.8 Å². The van der Waals surface area contributed by atoms with Crippen molar-refractivity contribution in [3.05, 3.63) is 0 Å². The molecule has 1 fully saturated rings. The number of amides is 2. The van der Waals surface area contributed by atoms with Gasteiger partial charge in [0.25, 0.3) is 0 Å². The average Bonchev–Trinajstić information content (AvgIpc) is 2.76. The molecule has 6 nitrogen and oxygen atoms in total. The summed E-state index contributed by atoms with van der Waals surface area (Å²) >= 11 is 0. The fraction of sp³-hybridized carbons (Fsp3) is 0.727. The zero-order valence-electron chi connectivity index (χ0n) is 10.3. The molecular weight excluding hydrogens is 224 g/mol. The molecule has 0 heterocycles. The molecule has 0 spiro atoms. The van der Waals surface area contributed by atoms with Crippen LogP contribution < -0.4 is 5.73 Å². The standard InChI is InChI=1S/C11H18N2O4/c1-4-13(5-6(12)14)9(15)7-8(10(16)17)11(7,2)3/h7-8H,4-5H2,1-3H3,(H2,12,14)(H,16,17)/t7-,8+/m1/s1. The Morgan fingerprint density at radius 2 is 1.82 bits per heavy atom. The van der Waals surface area contributed by atoms with Gasteiger partial charge in [-0.05, 0) is 12.3 Å². The smallest absolute Gasteiger partial charge is 0.307 e. The van der Waals surface area contributed by atoms with Crippen LogP contribution in [-0.2, 0) is 14.4 Å². The second-order valence-electron chi connectivity index (χ2n) is 4.93. The molecule has 3 N–H and O–H groups in total. The fourth-order valence-corrected chi connectivity index (χ4v) is 2.29. The highest BCUT2D eigenvalue weighted by Crippen LogP contribution is 2.58. The van der Waals surface area contributed by atoms with Gasteiger partial charge in [-0.25, -0.2) is 0 Å². The van der Waals surface area contributed by atoms with Gasteiger partial charge >= 0.3 is 5.97 Å². The Bertz CT molecular complexity index is 364. The molecule has 0 aromatic carbocycles. The predicted molar refractivity (Wildman–Crippen MR) is 59.8 cm³/mol. The Morgan fingerprint density at radius 1 is 1.29 bits per heavy atom. The summed E-state index contributed by atoms with van der Waals surface area (Å²) < 4.78 is 0. The fourth-order valence-electron chi connectivity index (χ4n) is 2.29. The van der Waals surface area contributed by atoms with Crippen LogP contribution in [-0.4, -0.2) is 40.9 Å². The number of primary amides is 1. The van der Waals surface area contributed by atoms with Crippen molar-refractivity contribution in [2.45, 2.75) is 20.8 Å².